The van der Waals surface area contributed by atoms with Gasteiger partial charge in [-0.2, -0.15) is 0 Å². The minimum atomic E-state index is 0.553. The Kier molecular flexibility index (Phi) is 6.25. The molecule has 7 heteroatoms. The number of rotatable bonds is 7. The van der Waals surface area contributed by atoms with Gasteiger partial charge in [-0.1, -0.05) is 49.3 Å². The van der Waals surface area contributed by atoms with Crippen LogP contribution in [0.1, 0.15) is 36.7 Å². The van der Waals surface area contributed by atoms with Crippen molar-refractivity contribution in [2.24, 2.45) is 4.99 Å². The molecule has 3 aromatic rings. The van der Waals surface area contributed by atoms with Gasteiger partial charge in [-0.05, 0) is 12.0 Å². The van der Waals surface area contributed by atoms with Gasteiger partial charge >= 0.3 is 0 Å². The lowest BCUT2D eigenvalue weighted by Crippen LogP contribution is -2.36. The van der Waals surface area contributed by atoms with Crippen molar-refractivity contribution in [3.63, 3.8) is 0 Å². The van der Waals surface area contributed by atoms with Crippen LogP contribution in [0.2, 0.25) is 0 Å². The number of guanidine groups is 1. The zero-order valence-electron chi connectivity index (χ0n) is 16.0. The van der Waals surface area contributed by atoms with Crippen molar-refractivity contribution >= 4 is 5.96 Å². The van der Waals surface area contributed by atoms with Crippen LogP contribution in [-0.2, 0) is 25.9 Å². The SMILES string of the molecule is CCc1noc(CC)c1CNC(=NC)NCc1ncc(-c2ccccc2)[nH]1. The highest BCUT2D eigenvalue weighted by Gasteiger charge is 2.13. The number of benzene rings is 1. The van der Waals surface area contributed by atoms with Gasteiger partial charge in [0.2, 0.25) is 0 Å². The molecule has 0 bridgehead atoms. The van der Waals surface area contributed by atoms with Crippen LogP contribution in [0.15, 0.2) is 46.0 Å². The van der Waals surface area contributed by atoms with E-state index in [-0.39, 0.29) is 0 Å². The first kappa shape index (κ1) is 18.7. The van der Waals surface area contributed by atoms with Crippen LogP contribution < -0.4 is 10.6 Å². The Bertz CT molecular complexity index is 860. The average Bonchev–Trinajstić information content (AvgIpc) is 3.35. The molecule has 0 spiro atoms. The number of H-pyrrole nitrogens is 1. The van der Waals surface area contributed by atoms with Crippen molar-refractivity contribution < 1.29 is 4.52 Å². The highest BCUT2D eigenvalue weighted by Crippen LogP contribution is 2.16. The van der Waals surface area contributed by atoms with Crippen molar-refractivity contribution in [2.45, 2.75) is 39.8 Å². The number of nitrogens with zero attached hydrogens (tertiary/aromatic N) is 3. The maximum atomic E-state index is 5.41. The monoisotopic (exact) mass is 366 g/mol. The normalized spacial score (nSPS) is 11.6. The molecule has 0 aliphatic carbocycles. The molecule has 0 saturated heterocycles. The summed E-state index contributed by atoms with van der Waals surface area (Å²) >= 11 is 0. The number of aromatic nitrogens is 3. The molecular formula is C20H26N6O. The molecule has 0 saturated carbocycles. The van der Waals surface area contributed by atoms with Gasteiger partial charge in [0, 0.05) is 25.6 Å². The standard InChI is InChI=1S/C20H26N6O/c1-4-16-15(18(5-2)27-26-16)11-23-20(21-3)24-13-19-22-12-17(25-19)14-9-7-6-8-10-14/h6-10,12H,4-5,11,13H2,1-3H3,(H,22,25)(H2,21,23,24). The van der Waals surface area contributed by atoms with Gasteiger partial charge < -0.3 is 20.1 Å². The molecule has 3 N–H and O–H groups in total. The Morgan fingerprint density at radius 3 is 2.59 bits per heavy atom. The number of aromatic amines is 1. The van der Waals surface area contributed by atoms with Gasteiger partial charge in [-0.25, -0.2) is 4.98 Å². The molecule has 1 aromatic carbocycles. The van der Waals surface area contributed by atoms with Crippen LogP contribution in [0.25, 0.3) is 11.3 Å². The number of nitrogens with one attached hydrogen (secondary N) is 3. The third kappa shape index (κ3) is 4.55. The van der Waals surface area contributed by atoms with Gasteiger partial charge in [-0.15, -0.1) is 0 Å². The zero-order chi connectivity index (χ0) is 19.1. The predicted octanol–water partition coefficient (Wildman–Crippen LogP) is 3.05. The summed E-state index contributed by atoms with van der Waals surface area (Å²) in [7, 11) is 1.75. The van der Waals surface area contributed by atoms with E-state index >= 15 is 0 Å². The fraction of sp³-hybridized carbons (Fsp3) is 0.350. The molecule has 0 aliphatic heterocycles. The number of imidazole rings is 1. The Morgan fingerprint density at radius 2 is 1.89 bits per heavy atom. The van der Waals surface area contributed by atoms with Gasteiger partial charge in [0.05, 0.1) is 24.1 Å². The summed E-state index contributed by atoms with van der Waals surface area (Å²) in [6, 6.07) is 10.1. The van der Waals surface area contributed by atoms with Gasteiger partial charge in [-0.3, -0.25) is 4.99 Å². The van der Waals surface area contributed by atoms with E-state index in [1.165, 1.54) is 0 Å². The number of hydrogen-bond donors (Lipinski definition) is 3. The van der Waals surface area contributed by atoms with Crippen LogP contribution in [-0.4, -0.2) is 28.1 Å². The second-order valence-electron chi connectivity index (χ2n) is 6.13. The summed E-state index contributed by atoms with van der Waals surface area (Å²) in [5.74, 6) is 2.48. The Labute approximate surface area is 159 Å². The van der Waals surface area contributed by atoms with Crippen LogP contribution in [0.5, 0.6) is 0 Å². The Morgan fingerprint density at radius 1 is 1.11 bits per heavy atom. The molecule has 0 radical (unpaired) electrons. The van der Waals surface area contributed by atoms with E-state index in [1.807, 2.05) is 24.4 Å². The molecule has 0 unspecified atom stereocenters. The maximum absolute atomic E-state index is 5.41. The van der Waals surface area contributed by atoms with Crippen LogP contribution in [0.3, 0.4) is 0 Å². The largest absolute Gasteiger partial charge is 0.361 e. The lowest BCUT2D eigenvalue weighted by Gasteiger charge is -2.11. The van der Waals surface area contributed by atoms with E-state index in [0.29, 0.717) is 19.0 Å². The molecule has 2 heterocycles. The smallest absolute Gasteiger partial charge is 0.191 e. The summed E-state index contributed by atoms with van der Waals surface area (Å²) in [6.45, 7) is 5.33. The topological polar surface area (TPSA) is 91.1 Å². The minimum absolute atomic E-state index is 0.553. The van der Waals surface area contributed by atoms with Gasteiger partial charge in [0.25, 0.3) is 0 Å². The average molecular weight is 366 g/mol. The Balaban J connectivity index is 1.57. The lowest BCUT2D eigenvalue weighted by molar-refractivity contribution is 0.380. The van der Waals surface area contributed by atoms with E-state index < -0.39 is 0 Å². The van der Waals surface area contributed by atoms with E-state index in [1.54, 1.807) is 7.05 Å². The fourth-order valence-electron chi connectivity index (χ4n) is 2.91. The van der Waals surface area contributed by atoms with Crippen molar-refractivity contribution in [3.05, 3.63) is 59.4 Å². The molecule has 7 nitrogen and oxygen atoms in total. The van der Waals surface area contributed by atoms with Crippen LogP contribution >= 0.6 is 0 Å². The lowest BCUT2D eigenvalue weighted by atomic mass is 10.1. The quantitative estimate of drug-likeness (QED) is 0.442. The van der Waals surface area contributed by atoms with E-state index in [0.717, 1.165) is 46.9 Å². The predicted molar refractivity (Wildman–Crippen MR) is 106 cm³/mol. The molecule has 0 aliphatic rings. The second-order valence-corrected chi connectivity index (χ2v) is 6.13. The third-order valence-corrected chi connectivity index (χ3v) is 4.40. The fourth-order valence-corrected chi connectivity index (χ4v) is 2.91. The number of hydrogen-bond acceptors (Lipinski definition) is 4. The second kappa shape index (κ2) is 9.02. The van der Waals surface area contributed by atoms with E-state index in [2.05, 4.69) is 56.7 Å². The first-order chi connectivity index (χ1) is 13.2. The molecule has 0 atom stereocenters. The third-order valence-electron chi connectivity index (χ3n) is 4.40. The molecular weight excluding hydrogens is 340 g/mol. The molecule has 2 aromatic heterocycles. The van der Waals surface area contributed by atoms with Crippen LogP contribution in [0.4, 0.5) is 0 Å². The number of aryl methyl sites for hydroxylation is 2. The molecule has 3 rings (SSSR count). The first-order valence-electron chi connectivity index (χ1n) is 9.25. The van der Waals surface area contributed by atoms with Crippen molar-refractivity contribution in [2.75, 3.05) is 7.05 Å². The molecule has 142 valence electrons. The van der Waals surface area contributed by atoms with Gasteiger partial charge in [0.1, 0.15) is 11.6 Å². The van der Waals surface area contributed by atoms with Crippen molar-refractivity contribution in [1.82, 2.24) is 25.8 Å². The minimum Gasteiger partial charge on any atom is -0.361 e. The highest BCUT2D eigenvalue weighted by atomic mass is 16.5. The summed E-state index contributed by atoms with van der Waals surface area (Å²) < 4.78 is 5.41. The highest BCUT2D eigenvalue weighted by molar-refractivity contribution is 5.79. The first-order valence-corrected chi connectivity index (χ1v) is 9.25. The molecule has 0 fully saturated rings. The van der Waals surface area contributed by atoms with E-state index in [9.17, 15) is 0 Å². The van der Waals surface area contributed by atoms with Crippen molar-refractivity contribution in [3.8, 4) is 11.3 Å². The summed E-state index contributed by atoms with van der Waals surface area (Å²) in [6.07, 6.45) is 3.52. The summed E-state index contributed by atoms with van der Waals surface area (Å²) in [4.78, 5) is 12.1. The maximum Gasteiger partial charge on any atom is 0.191 e. The van der Waals surface area contributed by atoms with E-state index in [4.69, 9.17) is 4.52 Å². The van der Waals surface area contributed by atoms with Crippen molar-refractivity contribution in [1.29, 1.82) is 0 Å². The molecule has 0 amide bonds. The molecule has 27 heavy (non-hydrogen) atoms. The van der Waals surface area contributed by atoms with Crippen LogP contribution in [0, 0.1) is 0 Å². The Hall–Kier alpha value is -3.09. The number of aliphatic imine (C=N–C) groups is 1. The zero-order valence-corrected chi connectivity index (χ0v) is 16.0. The summed E-state index contributed by atoms with van der Waals surface area (Å²) in [5.41, 5.74) is 4.23. The van der Waals surface area contributed by atoms with Gasteiger partial charge in [0.15, 0.2) is 5.96 Å². The summed E-state index contributed by atoms with van der Waals surface area (Å²) in [5, 5.41) is 10.8.